The molecule has 0 spiro atoms. The lowest BCUT2D eigenvalue weighted by Crippen LogP contribution is -2.49. The predicted octanol–water partition coefficient (Wildman–Crippen LogP) is 3.18. The summed E-state index contributed by atoms with van der Waals surface area (Å²) in [6.45, 7) is 10.3. The number of nitrogens with zero attached hydrogens (tertiary/aromatic N) is 3. The molecule has 1 aromatic carbocycles. The first-order valence-corrected chi connectivity index (χ1v) is 10.7. The standard InChI is InChI=1S/C24H29FN4O2/c1-15-11-16(2)21(26-14-15)28-7-9-29(10-8-28)23(31)18-6-5-17(12-20(18)25)19-13-24(3,4)27-22(19)30/h5-6,11-12,14,19H,7-10,13H2,1-4H3,(H,27,30). The van der Waals surface area contributed by atoms with Gasteiger partial charge in [0, 0.05) is 37.9 Å². The number of halogens is 1. The van der Waals surface area contributed by atoms with Gasteiger partial charge in [0.05, 0.1) is 11.5 Å². The van der Waals surface area contributed by atoms with Crippen molar-refractivity contribution in [3.63, 3.8) is 0 Å². The number of hydrogen-bond acceptors (Lipinski definition) is 4. The van der Waals surface area contributed by atoms with Gasteiger partial charge in [-0.1, -0.05) is 12.1 Å². The Hall–Kier alpha value is -2.96. The molecule has 2 fully saturated rings. The quantitative estimate of drug-likeness (QED) is 0.822. The van der Waals surface area contributed by atoms with E-state index >= 15 is 0 Å². The number of hydrogen-bond donors (Lipinski definition) is 1. The third-order valence-corrected chi connectivity index (χ3v) is 6.17. The topological polar surface area (TPSA) is 65.5 Å². The Morgan fingerprint density at radius 2 is 1.87 bits per heavy atom. The summed E-state index contributed by atoms with van der Waals surface area (Å²) in [6.07, 6.45) is 2.45. The van der Waals surface area contributed by atoms with Crippen molar-refractivity contribution >= 4 is 17.6 Å². The smallest absolute Gasteiger partial charge is 0.256 e. The lowest BCUT2D eigenvalue weighted by atomic mass is 9.90. The van der Waals surface area contributed by atoms with Crippen LogP contribution in [-0.4, -0.2) is 53.4 Å². The predicted molar refractivity (Wildman–Crippen MR) is 118 cm³/mol. The van der Waals surface area contributed by atoms with Crippen molar-refractivity contribution in [2.24, 2.45) is 0 Å². The maximum absolute atomic E-state index is 14.9. The Morgan fingerprint density at radius 1 is 1.16 bits per heavy atom. The summed E-state index contributed by atoms with van der Waals surface area (Å²) >= 11 is 0. The molecular formula is C24H29FN4O2. The highest BCUT2D eigenvalue weighted by molar-refractivity contribution is 5.95. The molecule has 2 aliphatic rings. The number of pyridine rings is 1. The van der Waals surface area contributed by atoms with Gasteiger partial charge in [0.25, 0.3) is 5.91 Å². The van der Waals surface area contributed by atoms with Crippen molar-refractivity contribution in [1.29, 1.82) is 0 Å². The van der Waals surface area contributed by atoms with Crippen LogP contribution in [0.2, 0.25) is 0 Å². The maximum atomic E-state index is 14.9. The Morgan fingerprint density at radius 3 is 2.45 bits per heavy atom. The van der Waals surface area contributed by atoms with Gasteiger partial charge in [0.15, 0.2) is 0 Å². The summed E-state index contributed by atoms with van der Waals surface area (Å²) in [4.78, 5) is 33.6. The Labute approximate surface area is 182 Å². The molecule has 1 N–H and O–H groups in total. The third-order valence-electron chi connectivity index (χ3n) is 6.17. The zero-order valence-corrected chi connectivity index (χ0v) is 18.5. The minimum absolute atomic E-state index is 0.0551. The van der Waals surface area contributed by atoms with Crippen molar-refractivity contribution in [3.05, 3.63) is 58.5 Å². The van der Waals surface area contributed by atoms with Gasteiger partial charge < -0.3 is 15.1 Å². The summed E-state index contributed by atoms with van der Waals surface area (Å²) in [5.74, 6) is -0.431. The zero-order valence-electron chi connectivity index (χ0n) is 18.5. The Kier molecular flexibility index (Phi) is 5.45. The van der Waals surface area contributed by atoms with Crippen molar-refractivity contribution in [3.8, 4) is 0 Å². The fraction of sp³-hybridized carbons (Fsp3) is 0.458. The number of anilines is 1. The van der Waals surface area contributed by atoms with Gasteiger partial charge in [-0.2, -0.15) is 0 Å². The molecule has 0 bridgehead atoms. The largest absolute Gasteiger partial charge is 0.353 e. The number of benzene rings is 1. The number of nitrogens with one attached hydrogen (secondary N) is 1. The first-order chi connectivity index (χ1) is 14.6. The van der Waals surface area contributed by atoms with Crippen LogP contribution in [0.25, 0.3) is 0 Å². The molecule has 0 saturated carbocycles. The van der Waals surface area contributed by atoms with E-state index in [1.54, 1.807) is 11.0 Å². The maximum Gasteiger partial charge on any atom is 0.256 e. The van der Waals surface area contributed by atoms with E-state index in [0.29, 0.717) is 38.2 Å². The molecule has 2 saturated heterocycles. The van der Waals surface area contributed by atoms with Crippen molar-refractivity contribution in [1.82, 2.24) is 15.2 Å². The van der Waals surface area contributed by atoms with Crippen LogP contribution in [-0.2, 0) is 4.79 Å². The Balaban J connectivity index is 1.44. The molecule has 1 aromatic heterocycles. The van der Waals surface area contributed by atoms with Crippen LogP contribution >= 0.6 is 0 Å². The minimum Gasteiger partial charge on any atom is -0.353 e. The number of carbonyl (C=O) groups is 2. The molecule has 4 rings (SSSR count). The fourth-order valence-electron chi connectivity index (χ4n) is 4.60. The molecule has 31 heavy (non-hydrogen) atoms. The van der Waals surface area contributed by atoms with E-state index in [9.17, 15) is 14.0 Å². The van der Waals surface area contributed by atoms with E-state index < -0.39 is 5.82 Å². The molecule has 1 atom stereocenters. The van der Waals surface area contributed by atoms with Crippen LogP contribution in [0.4, 0.5) is 10.2 Å². The van der Waals surface area contributed by atoms with E-state index in [1.807, 2.05) is 33.9 Å². The molecule has 0 radical (unpaired) electrons. The summed E-state index contributed by atoms with van der Waals surface area (Å²) in [7, 11) is 0. The number of rotatable bonds is 3. The molecule has 1 unspecified atom stereocenters. The van der Waals surface area contributed by atoms with Crippen LogP contribution in [0.15, 0.2) is 30.5 Å². The number of aryl methyl sites for hydroxylation is 2. The second-order valence-electron chi connectivity index (χ2n) is 9.30. The molecular weight excluding hydrogens is 395 g/mol. The Bertz CT molecular complexity index is 1030. The van der Waals surface area contributed by atoms with Gasteiger partial charge in [-0.15, -0.1) is 0 Å². The van der Waals surface area contributed by atoms with Gasteiger partial charge in [0.1, 0.15) is 11.6 Å². The molecule has 2 aliphatic heterocycles. The van der Waals surface area contributed by atoms with Gasteiger partial charge >= 0.3 is 0 Å². The highest BCUT2D eigenvalue weighted by Crippen LogP contribution is 2.33. The lowest BCUT2D eigenvalue weighted by Gasteiger charge is -2.36. The van der Waals surface area contributed by atoms with E-state index in [-0.39, 0.29) is 28.8 Å². The van der Waals surface area contributed by atoms with E-state index in [1.165, 1.54) is 12.1 Å². The summed E-state index contributed by atoms with van der Waals surface area (Å²) in [6, 6.07) is 6.67. The first-order valence-electron chi connectivity index (χ1n) is 10.7. The van der Waals surface area contributed by atoms with Gasteiger partial charge in [-0.3, -0.25) is 9.59 Å². The second-order valence-corrected chi connectivity index (χ2v) is 9.30. The molecule has 164 valence electrons. The highest BCUT2D eigenvalue weighted by atomic mass is 19.1. The normalized spacial score (nSPS) is 20.7. The molecule has 6 nitrogen and oxygen atoms in total. The average Bonchev–Trinajstić information content (AvgIpc) is 3.00. The average molecular weight is 425 g/mol. The third kappa shape index (κ3) is 4.27. The second kappa shape index (κ2) is 7.94. The van der Waals surface area contributed by atoms with Crippen LogP contribution in [0.5, 0.6) is 0 Å². The van der Waals surface area contributed by atoms with Gasteiger partial charge in [0.2, 0.25) is 5.91 Å². The minimum atomic E-state index is -0.571. The van der Waals surface area contributed by atoms with Crippen LogP contribution in [0.1, 0.15) is 53.2 Å². The first kappa shape index (κ1) is 21.3. The van der Waals surface area contributed by atoms with E-state index in [4.69, 9.17) is 0 Å². The van der Waals surface area contributed by atoms with E-state index in [0.717, 1.165) is 16.9 Å². The number of piperazine rings is 1. The highest BCUT2D eigenvalue weighted by Gasteiger charge is 2.38. The van der Waals surface area contributed by atoms with Crippen LogP contribution < -0.4 is 10.2 Å². The lowest BCUT2D eigenvalue weighted by molar-refractivity contribution is -0.120. The number of amides is 2. The molecule has 3 heterocycles. The molecule has 2 amide bonds. The van der Waals surface area contributed by atoms with E-state index in [2.05, 4.69) is 21.3 Å². The van der Waals surface area contributed by atoms with Crippen molar-refractivity contribution in [2.45, 2.75) is 45.6 Å². The monoisotopic (exact) mass is 424 g/mol. The molecule has 2 aromatic rings. The van der Waals surface area contributed by atoms with Crippen LogP contribution in [0.3, 0.4) is 0 Å². The van der Waals surface area contributed by atoms with Gasteiger partial charge in [-0.25, -0.2) is 9.37 Å². The van der Waals surface area contributed by atoms with Crippen LogP contribution in [0, 0.1) is 19.7 Å². The summed E-state index contributed by atoms with van der Waals surface area (Å²) in [5, 5.41) is 2.93. The van der Waals surface area contributed by atoms with Crippen molar-refractivity contribution in [2.75, 3.05) is 31.1 Å². The summed E-state index contributed by atoms with van der Waals surface area (Å²) in [5.41, 5.74) is 2.59. The zero-order chi connectivity index (χ0) is 22.3. The number of carbonyl (C=O) groups excluding carboxylic acids is 2. The molecule has 0 aliphatic carbocycles. The SMILES string of the molecule is Cc1cnc(N2CCN(C(=O)c3ccc(C4CC(C)(C)NC4=O)cc3F)CC2)c(C)c1. The fourth-order valence-corrected chi connectivity index (χ4v) is 4.60. The molecule has 7 heteroatoms. The summed E-state index contributed by atoms with van der Waals surface area (Å²) < 4.78 is 14.9. The van der Waals surface area contributed by atoms with Gasteiger partial charge in [-0.05, 0) is 62.9 Å². The number of aromatic nitrogens is 1. The van der Waals surface area contributed by atoms with Crippen molar-refractivity contribution < 1.29 is 14.0 Å².